The summed E-state index contributed by atoms with van der Waals surface area (Å²) in [5, 5.41) is 6.47. The van der Waals surface area contributed by atoms with Gasteiger partial charge in [0.2, 0.25) is 5.91 Å². The predicted molar refractivity (Wildman–Crippen MR) is 96.6 cm³/mol. The SMILES string of the molecule is COCC1(C(=O)NC(C)c2cc(F)c(Cl)cc2Cl)CCNCC1.Cl. The molecule has 1 atom stereocenters. The monoisotopic (exact) mass is 398 g/mol. The van der Waals surface area contributed by atoms with Crippen molar-refractivity contribution in [3.05, 3.63) is 33.6 Å². The number of nitrogens with one attached hydrogen (secondary N) is 2. The van der Waals surface area contributed by atoms with Crippen LogP contribution in [-0.4, -0.2) is 32.7 Å². The summed E-state index contributed by atoms with van der Waals surface area (Å²) in [6.07, 6.45) is 1.39. The van der Waals surface area contributed by atoms with Crippen LogP contribution in [0, 0.1) is 11.2 Å². The summed E-state index contributed by atoms with van der Waals surface area (Å²) in [4.78, 5) is 12.8. The van der Waals surface area contributed by atoms with Crippen LogP contribution in [-0.2, 0) is 9.53 Å². The predicted octanol–water partition coefficient (Wildman–Crippen LogP) is 3.75. The lowest BCUT2D eigenvalue weighted by molar-refractivity contribution is -0.136. The number of carbonyl (C=O) groups excluding carboxylic acids is 1. The maximum atomic E-state index is 13.7. The van der Waals surface area contributed by atoms with Crippen LogP contribution in [0.1, 0.15) is 31.4 Å². The quantitative estimate of drug-likeness (QED) is 0.742. The van der Waals surface area contributed by atoms with Crippen LogP contribution in [0.5, 0.6) is 0 Å². The van der Waals surface area contributed by atoms with Gasteiger partial charge in [0.05, 0.1) is 23.1 Å². The van der Waals surface area contributed by atoms with Crippen molar-refractivity contribution in [2.45, 2.75) is 25.8 Å². The van der Waals surface area contributed by atoms with Gasteiger partial charge in [-0.05, 0) is 50.6 Å². The van der Waals surface area contributed by atoms with Crippen molar-refractivity contribution in [2.75, 3.05) is 26.8 Å². The molecule has 0 radical (unpaired) electrons. The van der Waals surface area contributed by atoms with Crippen LogP contribution in [0.15, 0.2) is 12.1 Å². The van der Waals surface area contributed by atoms with Crippen LogP contribution < -0.4 is 10.6 Å². The molecular weight excluding hydrogens is 378 g/mol. The Morgan fingerprint density at radius 1 is 1.38 bits per heavy atom. The molecule has 0 aliphatic carbocycles. The van der Waals surface area contributed by atoms with Crippen molar-refractivity contribution in [1.29, 1.82) is 0 Å². The first-order valence-electron chi connectivity index (χ1n) is 7.55. The van der Waals surface area contributed by atoms with E-state index in [4.69, 9.17) is 27.9 Å². The summed E-state index contributed by atoms with van der Waals surface area (Å²) >= 11 is 11.8. The van der Waals surface area contributed by atoms with Crippen LogP contribution in [0.3, 0.4) is 0 Å². The Hall–Kier alpha value is -0.590. The van der Waals surface area contributed by atoms with E-state index in [0.717, 1.165) is 13.1 Å². The van der Waals surface area contributed by atoms with Crippen LogP contribution >= 0.6 is 35.6 Å². The zero-order valence-corrected chi connectivity index (χ0v) is 16.0. The third kappa shape index (κ3) is 4.73. The van der Waals surface area contributed by atoms with Gasteiger partial charge in [-0.2, -0.15) is 0 Å². The van der Waals surface area contributed by atoms with E-state index in [0.29, 0.717) is 30.0 Å². The number of benzene rings is 1. The zero-order valence-electron chi connectivity index (χ0n) is 13.6. The Kier molecular flexibility index (Phi) is 8.23. The first kappa shape index (κ1) is 21.5. The van der Waals surface area contributed by atoms with E-state index in [-0.39, 0.29) is 23.3 Å². The molecule has 1 amide bonds. The number of amides is 1. The molecule has 1 fully saturated rings. The maximum Gasteiger partial charge on any atom is 0.229 e. The number of hydrogen-bond acceptors (Lipinski definition) is 3. The molecule has 0 bridgehead atoms. The average Bonchev–Trinajstić information content (AvgIpc) is 2.52. The third-order valence-electron chi connectivity index (χ3n) is 4.32. The minimum atomic E-state index is -0.564. The number of halogens is 4. The summed E-state index contributed by atoms with van der Waals surface area (Å²) in [5.74, 6) is -0.652. The van der Waals surface area contributed by atoms with Gasteiger partial charge in [0, 0.05) is 12.1 Å². The Balaban J connectivity index is 0.00000288. The van der Waals surface area contributed by atoms with E-state index in [9.17, 15) is 9.18 Å². The van der Waals surface area contributed by atoms with Gasteiger partial charge in [0.15, 0.2) is 0 Å². The molecule has 1 unspecified atom stereocenters. The van der Waals surface area contributed by atoms with Gasteiger partial charge in [-0.1, -0.05) is 23.2 Å². The topological polar surface area (TPSA) is 50.4 Å². The molecule has 2 N–H and O–H groups in total. The fraction of sp³-hybridized carbons (Fsp3) is 0.562. The molecule has 0 spiro atoms. The number of ether oxygens (including phenoxy) is 1. The summed E-state index contributed by atoms with van der Waals surface area (Å²) in [7, 11) is 1.59. The molecule has 1 aromatic rings. The fourth-order valence-corrected chi connectivity index (χ4v) is 3.46. The van der Waals surface area contributed by atoms with Gasteiger partial charge in [-0.15, -0.1) is 12.4 Å². The molecule has 2 rings (SSSR count). The lowest BCUT2D eigenvalue weighted by Crippen LogP contribution is -2.50. The Morgan fingerprint density at radius 3 is 2.58 bits per heavy atom. The fourth-order valence-electron chi connectivity index (χ4n) is 2.92. The second-order valence-corrected chi connectivity index (χ2v) is 6.76. The first-order chi connectivity index (χ1) is 10.9. The highest BCUT2D eigenvalue weighted by Gasteiger charge is 2.40. The summed E-state index contributed by atoms with van der Waals surface area (Å²) < 4.78 is 18.9. The lowest BCUT2D eigenvalue weighted by Gasteiger charge is -2.36. The van der Waals surface area contributed by atoms with Crippen molar-refractivity contribution < 1.29 is 13.9 Å². The summed E-state index contributed by atoms with van der Waals surface area (Å²) in [6, 6.07) is 2.19. The van der Waals surface area contributed by atoms with Gasteiger partial charge >= 0.3 is 0 Å². The Morgan fingerprint density at radius 2 is 2.00 bits per heavy atom. The minimum Gasteiger partial charge on any atom is -0.384 e. The van der Waals surface area contributed by atoms with Crippen molar-refractivity contribution >= 4 is 41.5 Å². The molecular formula is C16H22Cl3FN2O2. The van der Waals surface area contributed by atoms with Crippen LogP contribution in [0.25, 0.3) is 0 Å². The second-order valence-electron chi connectivity index (χ2n) is 5.95. The van der Waals surface area contributed by atoms with Gasteiger partial charge in [-0.25, -0.2) is 4.39 Å². The lowest BCUT2D eigenvalue weighted by atomic mass is 9.78. The van der Waals surface area contributed by atoms with E-state index in [1.54, 1.807) is 14.0 Å². The van der Waals surface area contributed by atoms with E-state index in [1.807, 2.05) is 0 Å². The number of methoxy groups -OCH3 is 1. The molecule has 136 valence electrons. The smallest absolute Gasteiger partial charge is 0.229 e. The third-order valence-corrected chi connectivity index (χ3v) is 4.93. The van der Waals surface area contributed by atoms with Crippen LogP contribution in [0.2, 0.25) is 10.0 Å². The number of hydrogen-bond donors (Lipinski definition) is 2. The van der Waals surface area contributed by atoms with E-state index < -0.39 is 17.3 Å². The Labute approximate surface area is 157 Å². The number of carbonyl (C=O) groups is 1. The number of rotatable bonds is 5. The maximum absolute atomic E-state index is 13.7. The van der Waals surface area contributed by atoms with Crippen molar-refractivity contribution in [1.82, 2.24) is 10.6 Å². The van der Waals surface area contributed by atoms with Crippen molar-refractivity contribution in [3.63, 3.8) is 0 Å². The normalized spacial score (nSPS) is 17.7. The molecule has 1 saturated heterocycles. The minimum absolute atomic E-state index is 0. The van der Waals surface area contributed by atoms with Crippen molar-refractivity contribution in [3.8, 4) is 0 Å². The standard InChI is InChI=1S/C16H21Cl2FN2O2.ClH/c1-10(11-7-14(19)13(18)8-12(11)17)21-15(22)16(9-23-2)3-5-20-6-4-16;/h7-8,10,20H,3-6,9H2,1-2H3,(H,21,22);1H. The molecule has 0 saturated carbocycles. The highest BCUT2D eigenvalue weighted by Crippen LogP contribution is 2.32. The first-order valence-corrected chi connectivity index (χ1v) is 8.30. The number of piperidine rings is 1. The van der Waals surface area contributed by atoms with Gasteiger partial charge in [-0.3, -0.25) is 4.79 Å². The largest absolute Gasteiger partial charge is 0.384 e. The zero-order chi connectivity index (χ0) is 17.0. The molecule has 1 aliphatic rings. The molecule has 24 heavy (non-hydrogen) atoms. The average molecular weight is 400 g/mol. The van der Waals surface area contributed by atoms with Gasteiger partial charge < -0.3 is 15.4 Å². The molecule has 4 nitrogen and oxygen atoms in total. The van der Waals surface area contributed by atoms with E-state index in [1.165, 1.54) is 12.1 Å². The van der Waals surface area contributed by atoms with E-state index >= 15 is 0 Å². The van der Waals surface area contributed by atoms with Crippen molar-refractivity contribution in [2.24, 2.45) is 5.41 Å². The molecule has 0 aromatic heterocycles. The molecule has 1 aromatic carbocycles. The highest BCUT2D eigenvalue weighted by molar-refractivity contribution is 6.35. The Bertz CT molecular complexity index is 575. The molecule has 1 heterocycles. The second kappa shape index (κ2) is 9.20. The van der Waals surface area contributed by atoms with Crippen LogP contribution in [0.4, 0.5) is 4.39 Å². The van der Waals surface area contributed by atoms with Gasteiger partial charge in [0.1, 0.15) is 5.82 Å². The molecule has 8 heteroatoms. The molecule has 1 aliphatic heterocycles. The summed E-state index contributed by atoms with van der Waals surface area (Å²) in [6.45, 7) is 3.66. The van der Waals surface area contributed by atoms with E-state index in [2.05, 4.69) is 10.6 Å². The highest BCUT2D eigenvalue weighted by atomic mass is 35.5. The van der Waals surface area contributed by atoms with Gasteiger partial charge in [0.25, 0.3) is 0 Å². The summed E-state index contributed by atoms with van der Waals surface area (Å²) in [5.41, 5.74) is -0.0606.